The molecule has 1 fully saturated rings. The van der Waals surface area contributed by atoms with Crippen molar-refractivity contribution in [2.45, 2.75) is 44.2 Å². The number of carbonyl (C=O) groups is 2. The minimum Gasteiger partial charge on any atom is -0.475 e. The molecular formula is C15H22N2O6S. The molecular weight excluding hydrogens is 336 g/mol. The van der Waals surface area contributed by atoms with Crippen LogP contribution in [0.3, 0.4) is 0 Å². The summed E-state index contributed by atoms with van der Waals surface area (Å²) < 4.78 is 31.3. The first-order valence-electron chi connectivity index (χ1n) is 7.90. The summed E-state index contributed by atoms with van der Waals surface area (Å²) in [5.74, 6) is -1.82. The van der Waals surface area contributed by atoms with E-state index in [1.807, 2.05) is 13.8 Å². The Bertz CT molecular complexity index is 711. The lowest BCUT2D eigenvalue weighted by Gasteiger charge is -2.22. The molecule has 1 aromatic rings. The van der Waals surface area contributed by atoms with Gasteiger partial charge in [0.2, 0.25) is 16.8 Å². The maximum Gasteiger partial charge on any atom is 0.371 e. The number of rotatable bonds is 7. The molecule has 9 heteroatoms. The third-order valence-electron chi connectivity index (χ3n) is 4.18. The monoisotopic (exact) mass is 358 g/mol. The lowest BCUT2D eigenvalue weighted by atomic mass is 10.1. The number of hydrogen-bond acceptors (Lipinski definition) is 5. The summed E-state index contributed by atoms with van der Waals surface area (Å²) in [5.41, 5.74) is 0. The molecule has 134 valence electrons. The van der Waals surface area contributed by atoms with Crippen molar-refractivity contribution in [1.82, 2.24) is 9.62 Å². The Morgan fingerprint density at radius 3 is 2.75 bits per heavy atom. The van der Waals surface area contributed by atoms with Crippen LogP contribution in [-0.2, 0) is 14.8 Å². The maximum atomic E-state index is 12.6. The average Bonchev–Trinajstić information content (AvgIpc) is 3.20. The van der Waals surface area contributed by atoms with Crippen LogP contribution >= 0.6 is 0 Å². The Morgan fingerprint density at radius 1 is 1.46 bits per heavy atom. The SMILES string of the molecule is CCC(C)CNC(=O)C1CCCN1S(=O)(=O)c1ccc(C(=O)O)o1. The number of furan rings is 1. The van der Waals surface area contributed by atoms with E-state index < -0.39 is 32.9 Å². The van der Waals surface area contributed by atoms with Crippen molar-refractivity contribution >= 4 is 21.9 Å². The topological polar surface area (TPSA) is 117 Å². The summed E-state index contributed by atoms with van der Waals surface area (Å²) in [6.07, 6.45) is 1.91. The van der Waals surface area contributed by atoms with Crippen LogP contribution in [0.5, 0.6) is 0 Å². The first-order valence-corrected chi connectivity index (χ1v) is 9.34. The highest BCUT2D eigenvalue weighted by molar-refractivity contribution is 7.89. The van der Waals surface area contributed by atoms with Crippen molar-refractivity contribution in [2.75, 3.05) is 13.1 Å². The molecule has 1 aliphatic rings. The van der Waals surface area contributed by atoms with Gasteiger partial charge < -0.3 is 14.8 Å². The number of hydrogen-bond donors (Lipinski definition) is 2. The quantitative estimate of drug-likeness (QED) is 0.758. The summed E-state index contributed by atoms with van der Waals surface area (Å²) in [6, 6.07) is 1.39. The van der Waals surface area contributed by atoms with Crippen molar-refractivity contribution in [3.63, 3.8) is 0 Å². The van der Waals surface area contributed by atoms with Crippen molar-refractivity contribution in [1.29, 1.82) is 0 Å². The van der Waals surface area contributed by atoms with E-state index in [1.165, 1.54) is 0 Å². The third kappa shape index (κ3) is 3.78. The highest BCUT2D eigenvalue weighted by Crippen LogP contribution is 2.27. The van der Waals surface area contributed by atoms with E-state index in [2.05, 4.69) is 5.32 Å². The standard InChI is InChI=1S/C15H22N2O6S/c1-3-10(2)9-16-14(18)11-5-4-8-17(11)24(21,22)13-7-6-12(23-13)15(19)20/h6-7,10-11H,3-5,8-9H2,1-2H3,(H,16,18)(H,19,20). The highest BCUT2D eigenvalue weighted by Gasteiger charge is 2.41. The van der Waals surface area contributed by atoms with Crippen LogP contribution in [0.1, 0.15) is 43.7 Å². The van der Waals surface area contributed by atoms with E-state index in [-0.39, 0.29) is 12.5 Å². The second-order valence-electron chi connectivity index (χ2n) is 5.96. The molecule has 1 saturated heterocycles. The molecule has 8 nitrogen and oxygen atoms in total. The predicted octanol–water partition coefficient (Wildman–Crippen LogP) is 1.29. The lowest BCUT2D eigenvalue weighted by molar-refractivity contribution is -0.124. The number of amides is 1. The zero-order valence-electron chi connectivity index (χ0n) is 13.7. The predicted molar refractivity (Wildman–Crippen MR) is 85.0 cm³/mol. The van der Waals surface area contributed by atoms with Crippen LogP contribution < -0.4 is 5.32 Å². The summed E-state index contributed by atoms with van der Waals surface area (Å²) in [4.78, 5) is 23.2. The second kappa shape index (κ2) is 7.35. The number of sulfonamides is 1. The summed E-state index contributed by atoms with van der Waals surface area (Å²) in [6.45, 7) is 4.70. The molecule has 1 aromatic heterocycles. The smallest absolute Gasteiger partial charge is 0.371 e. The van der Waals surface area contributed by atoms with Gasteiger partial charge in [-0.2, -0.15) is 4.31 Å². The molecule has 2 N–H and O–H groups in total. The Morgan fingerprint density at radius 2 is 2.17 bits per heavy atom. The molecule has 24 heavy (non-hydrogen) atoms. The fraction of sp³-hybridized carbons (Fsp3) is 0.600. The van der Waals surface area contributed by atoms with E-state index in [0.29, 0.717) is 25.3 Å². The Kier molecular flexibility index (Phi) is 5.66. The number of nitrogens with one attached hydrogen (secondary N) is 1. The molecule has 0 saturated carbocycles. The number of aromatic carboxylic acids is 1. The molecule has 2 unspecified atom stereocenters. The molecule has 1 aliphatic heterocycles. The first-order chi connectivity index (χ1) is 11.3. The highest BCUT2D eigenvalue weighted by atomic mass is 32.2. The van der Waals surface area contributed by atoms with Crippen molar-refractivity contribution in [2.24, 2.45) is 5.92 Å². The van der Waals surface area contributed by atoms with Crippen LogP contribution in [0.4, 0.5) is 0 Å². The van der Waals surface area contributed by atoms with Crippen LogP contribution in [0.15, 0.2) is 21.6 Å². The van der Waals surface area contributed by atoms with Gasteiger partial charge in [0.1, 0.15) is 6.04 Å². The van der Waals surface area contributed by atoms with E-state index >= 15 is 0 Å². The van der Waals surface area contributed by atoms with Crippen LogP contribution in [0.2, 0.25) is 0 Å². The first kappa shape index (κ1) is 18.5. The summed E-state index contributed by atoms with van der Waals surface area (Å²) in [5, 5.41) is 11.2. The molecule has 0 aliphatic carbocycles. The zero-order chi connectivity index (χ0) is 17.9. The van der Waals surface area contributed by atoms with Gasteiger partial charge in [0, 0.05) is 13.1 Å². The van der Waals surface area contributed by atoms with Gasteiger partial charge in [0.15, 0.2) is 0 Å². The van der Waals surface area contributed by atoms with Crippen molar-refractivity contribution < 1.29 is 27.5 Å². The largest absolute Gasteiger partial charge is 0.475 e. The van der Waals surface area contributed by atoms with Gasteiger partial charge in [0.05, 0.1) is 0 Å². The van der Waals surface area contributed by atoms with Gasteiger partial charge in [-0.05, 0) is 30.9 Å². The Labute approximate surface area is 140 Å². The van der Waals surface area contributed by atoms with Gasteiger partial charge in [-0.3, -0.25) is 4.79 Å². The van der Waals surface area contributed by atoms with E-state index in [4.69, 9.17) is 9.52 Å². The normalized spacial score (nSPS) is 20.0. The van der Waals surface area contributed by atoms with Gasteiger partial charge >= 0.3 is 5.97 Å². The number of carbonyl (C=O) groups excluding carboxylic acids is 1. The fourth-order valence-corrected chi connectivity index (χ4v) is 4.09. The van der Waals surface area contributed by atoms with Crippen molar-refractivity contribution in [3.8, 4) is 0 Å². The second-order valence-corrected chi connectivity index (χ2v) is 7.78. The molecule has 1 amide bonds. The molecule has 0 radical (unpaired) electrons. The zero-order valence-corrected chi connectivity index (χ0v) is 14.5. The molecule has 2 atom stereocenters. The molecule has 0 aromatic carbocycles. The van der Waals surface area contributed by atoms with Crippen LogP contribution in [0, 0.1) is 5.92 Å². The van der Waals surface area contributed by atoms with E-state index in [9.17, 15) is 18.0 Å². The van der Waals surface area contributed by atoms with Gasteiger partial charge in [-0.25, -0.2) is 13.2 Å². The number of carboxylic acids is 1. The Balaban J connectivity index is 2.15. The molecule has 0 spiro atoms. The summed E-state index contributed by atoms with van der Waals surface area (Å²) in [7, 11) is -4.05. The maximum absolute atomic E-state index is 12.6. The number of carboxylic acid groups (broad SMARTS) is 1. The molecule has 0 bridgehead atoms. The average molecular weight is 358 g/mol. The van der Waals surface area contributed by atoms with E-state index in [0.717, 1.165) is 22.9 Å². The fourth-order valence-electron chi connectivity index (χ4n) is 2.52. The minimum absolute atomic E-state index is 0.201. The summed E-state index contributed by atoms with van der Waals surface area (Å²) >= 11 is 0. The lowest BCUT2D eigenvalue weighted by Crippen LogP contribution is -2.46. The number of nitrogens with zero attached hydrogens (tertiary/aromatic N) is 1. The van der Waals surface area contributed by atoms with Crippen molar-refractivity contribution in [3.05, 3.63) is 17.9 Å². The van der Waals surface area contributed by atoms with Gasteiger partial charge in [0.25, 0.3) is 10.0 Å². The van der Waals surface area contributed by atoms with Crippen LogP contribution in [-0.4, -0.2) is 48.8 Å². The van der Waals surface area contributed by atoms with Gasteiger partial charge in [-0.15, -0.1) is 0 Å². The van der Waals surface area contributed by atoms with E-state index in [1.54, 1.807) is 0 Å². The van der Waals surface area contributed by atoms with Gasteiger partial charge in [-0.1, -0.05) is 20.3 Å². The van der Waals surface area contributed by atoms with Crippen LogP contribution in [0.25, 0.3) is 0 Å². The third-order valence-corrected chi connectivity index (χ3v) is 5.97. The Hall–Kier alpha value is -1.87. The molecule has 2 rings (SSSR count). The molecule has 2 heterocycles. The minimum atomic E-state index is -4.05.